The van der Waals surface area contributed by atoms with E-state index < -0.39 is 0 Å². The molecule has 0 spiro atoms. The van der Waals surface area contributed by atoms with Crippen molar-refractivity contribution in [3.05, 3.63) is 10.0 Å². The van der Waals surface area contributed by atoms with E-state index in [1.54, 1.807) is 7.11 Å². The summed E-state index contributed by atoms with van der Waals surface area (Å²) in [5.41, 5.74) is 0. The molecule has 0 bridgehead atoms. The van der Waals surface area contributed by atoms with Crippen molar-refractivity contribution >= 4 is 34.4 Å². The van der Waals surface area contributed by atoms with Crippen LogP contribution < -0.4 is 4.90 Å². The standard InChI is InChI=1S/C10H12ClN3O2S/c1-16-6-5-14(4-2-3-12)10-13-9(11)8(7-15)17-10/h7H,2,4-6H2,1H3. The molecule has 92 valence electrons. The van der Waals surface area contributed by atoms with Crippen LogP contribution in [0.2, 0.25) is 5.15 Å². The van der Waals surface area contributed by atoms with Gasteiger partial charge in [-0.25, -0.2) is 4.98 Å². The molecule has 0 fully saturated rings. The van der Waals surface area contributed by atoms with Crippen LogP contribution in [-0.2, 0) is 4.74 Å². The van der Waals surface area contributed by atoms with E-state index in [2.05, 4.69) is 11.1 Å². The third-order valence-corrected chi connectivity index (χ3v) is 3.48. The highest BCUT2D eigenvalue weighted by molar-refractivity contribution is 7.17. The highest BCUT2D eigenvalue weighted by atomic mass is 35.5. The highest BCUT2D eigenvalue weighted by Gasteiger charge is 2.14. The summed E-state index contributed by atoms with van der Waals surface area (Å²) in [5, 5.41) is 9.44. The summed E-state index contributed by atoms with van der Waals surface area (Å²) in [4.78, 5) is 17.1. The van der Waals surface area contributed by atoms with Gasteiger partial charge in [-0.3, -0.25) is 4.79 Å². The first-order valence-electron chi connectivity index (χ1n) is 4.95. The van der Waals surface area contributed by atoms with Crippen LogP contribution in [0.4, 0.5) is 5.13 Å². The van der Waals surface area contributed by atoms with Gasteiger partial charge in [0.05, 0.1) is 19.1 Å². The number of rotatable bonds is 7. The van der Waals surface area contributed by atoms with Gasteiger partial charge in [0.15, 0.2) is 16.6 Å². The first-order valence-corrected chi connectivity index (χ1v) is 6.14. The minimum Gasteiger partial charge on any atom is -0.383 e. The third kappa shape index (κ3) is 3.97. The van der Waals surface area contributed by atoms with Crippen LogP contribution in [-0.4, -0.2) is 38.1 Å². The highest BCUT2D eigenvalue weighted by Crippen LogP contribution is 2.28. The molecule has 5 nitrogen and oxygen atoms in total. The Bertz CT molecular complexity index is 416. The number of anilines is 1. The zero-order valence-electron chi connectivity index (χ0n) is 9.35. The van der Waals surface area contributed by atoms with Gasteiger partial charge >= 0.3 is 0 Å². The summed E-state index contributed by atoms with van der Waals surface area (Å²) < 4.78 is 4.99. The van der Waals surface area contributed by atoms with E-state index in [9.17, 15) is 4.79 Å². The molecule has 1 aromatic rings. The summed E-state index contributed by atoms with van der Waals surface area (Å²) in [6, 6.07) is 2.07. The van der Waals surface area contributed by atoms with Crippen LogP contribution in [0.1, 0.15) is 16.1 Å². The van der Waals surface area contributed by atoms with Crippen molar-refractivity contribution in [2.75, 3.05) is 31.7 Å². The molecule has 0 aliphatic rings. The number of ether oxygens (including phenoxy) is 1. The summed E-state index contributed by atoms with van der Waals surface area (Å²) in [7, 11) is 1.61. The van der Waals surface area contributed by atoms with Gasteiger partial charge < -0.3 is 9.64 Å². The second-order valence-corrected chi connectivity index (χ2v) is 4.52. The molecule has 0 saturated heterocycles. The molecule has 17 heavy (non-hydrogen) atoms. The lowest BCUT2D eigenvalue weighted by molar-refractivity contribution is 0.112. The molecule has 0 unspecified atom stereocenters. The summed E-state index contributed by atoms with van der Waals surface area (Å²) in [6.07, 6.45) is 1.07. The fraction of sp³-hybridized carbons (Fsp3) is 0.500. The quantitative estimate of drug-likeness (QED) is 0.711. The third-order valence-electron chi connectivity index (χ3n) is 2.03. The lowest BCUT2D eigenvalue weighted by Gasteiger charge is -2.19. The van der Waals surface area contributed by atoms with E-state index in [-0.39, 0.29) is 5.15 Å². The van der Waals surface area contributed by atoms with Crippen LogP contribution in [0, 0.1) is 11.3 Å². The van der Waals surface area contributed by atoms with Gasteiger partial charge in [-0.05, 0) is 0 Å². The first kappa shape index (κ1) is 13.9. The van der Waals surface area contributed by atoms with Crippen LogP contribution in [0.3, 0.4) is 0 Å². The molecule has 0 aliphatic heterocycles. The number of thiazole rings is 1. The molecule has 0 atom stereocenters. The van der Waals surface area contributed by atoms with E-state index in [1.807, 2.05) is 4.90 Å². The fourth-order valence-corrected chi connectivity index (χ4v) is 2.31. The van der Waals surface area contributed by atoms with Gasteiger partial charge in [-0.15, -0.1) is 0 Å². The number of hydrogen-bond donors (Lipinski definition) is 0. The van der Waals surface area contributed by atoms with Crippen LogP contribution >= 0.6 is 22.9 Å². The average Bonchev–Trinajstić information content (AvgIpc) is 2.70. The number of carbonyl (C=O) groups excluding carboxylic acids is 1. The van der Waals surface area contributed by atoms with Crippen molar-refractivity contribution < 1.29 is 9.53 Å². The summed E-state index contributed by atoms with van der Waals surface area (Å²) in [5.74, 6) is 0. The van der Waals surface area contributed by atoms with E-state index in [0.717, 1.165) is 0 Å². The lowest BCUT2D eigenvalue weighted by atomic mass is 10.4. The van der Waals surface area contributed by atoms with Crippen molar-refractivity contribution in [2.45, 2.75) is 6.42 Å². The van der Waals surface area contributed by atoms with Crippen molar-refractivity contribution in [3.8, 4) is 6.07 Å². The Balaban J connectivity index is 2.79. The second-order valence-electron chi connectivity index (χ2n) is 3.16. The molecule has 0 saturated carbocycles. The van der Waals surface area contributed by atoms with Crippen molar-refractivity contribution in [2.24, 2.45) is 0 Å². The van der Waals surface area contributed by atoms with Gasteiger partial charge in [0, 0.05) is 20.2 Å². The monoisotopic (exact) mass is 273 g/mol. The molecular weight excluding hydrogens is 262 g/mol. The van der Waals surface area contributed by atoms with Crippen LogP contribution in [0.5, 0.6) is 0 Å². The predicted molar refractivity (Wildman–Crippen MR) is 66.8 cm³/mol. The number of halogens is 1. The zero-order valence-corrected chi connectivity index (χ0v) is 10.9. The number of aromatic nitrogens is 1. The van der Waals surface area contributed by atoms with Gasteiger partial charge in [-0.2, -0.15) is 5.26 Å². The molecule has 0 N–H and O–H groups in total. The SMILES string of the molecule is COCCN(CCC#N)c1nc(Cl)c(C=O)s1. The molecule has 0 amide bonds. The molecule has 7 heteroatoms. The molecule has 0 aromatic carbocycles. The van der Waals surface area contributed by atoms with E-state index in [1.165, 1.54) is 11.3 Å². The van der Waals surface area contributed by atoms with Gasteiger partial charge in [0.25, 0.3) is 0 Å². The normalized spacial score (nSPS) is 9.94. The smallest absolute Gasteiger partial charge is 0.187 e. The maximum Gasteiger partial charge on any atom is 0.187 e. The number of hydrogen-bond acceptors (Lipinski definition) is 6. The Morgan fingerprint density at radius 1 is 1.65 bits per heavy atom. The Morgan fingerprint density at radius 2 is 2.41 bits per heavy atom. The molecule has 1 heterocycles. The number of aldehydes is 1. The summed E-state index contributed by atoms with van der Waals surface area (Å²) >= 11 is 7.02. The second kappa shape index (κ2) is 7.22. The first-order chi connectivity index (χ1) is 8.22. The number of nitrogens with zero attached hydrogens (tertiary/aromatic N) is 3. The molecule has 0 aliphatic carbocycles. The van der Waals surface area contributed by atoms with Crippen LogP contribution in [0.15, 0.2) is 0 Å². The minimum atomic E-state index is 0.208. The van der Waals surface area contributed by atoms with Gasteiger partial charge in [0.1, 0.15) is 4.88 Å². The van der Waals surface area contributed by atoms with E-state index in [0.29, 0.717) is 42.4 Å². The van der Waals surface area contributed by atoms with E-state index in [4.69, 9.17) is 21.6 Å². The fourth-order valence-electron chi connectivity index (χ4n) is 1.20. The van der Waals surface area contributed by atoms with Crippen molar-refractivity contribution in [3.63, 3.8) is 0 Å². The molecule has 1 aromatic heterocycles. The topological polar surface area (TPSA) is 66.2 Å². The number of nitriles is 1. The minimum absolute atomic E-state index is 0.208. The van der Waals surface area contributed by atoms with Crippen LogP contribution in [0.25, 0.3) is 0 Å². The lowest BCUT2D eigenvalue weighted by Crippen LogP contribution is -2.28. The Morgan fingerprint density at radius 3 is 2.94 bits per heavy atom. The maximum absolute atomic E-state index is 10.7. The summed E-state index contributed by atoms with van der Waals surface area (Å²) in [6.45, 7) is 1.68. The number of methoxy groups -OCH3 is 1. The van der Waals surface area contributed by atoms with Gasteiger partial charge in [0.2, 0.25) is 0 Å². The zero-order chi connectivity index (χ0) is 12.7. The average molecular weight is 274 g/mol. The Hall–Kier alpha value is -1.16. The van der Waals surface area contributed by atoms with Gasteiger partial charge in [-0.1, -0.05) is 22.9 Å². The van der Waals surface area contributed by atoms with Crippen molar-refractivity contribution in [1.82, 2.24) is 4.98 Å². The van der Waals surface area contributed by atoms with E-state index >= 15 is 0 Å². The molecule has 1 rings (SSSR count). The largest absolute Gasteiger partial charge is 0.383 e. The number of carbonyl (C=O) groups is 1. The molecular formula is C10H12ClN3O2S. The van der Waals surface area contributed by atoms with Crippen molar-refractivity contribution in [1.29, 1.82) is 5.26 Å². The Labute approximate surface area is 109 Å². The molecule has 0 radical (unpaired) electrons. The Kier molecular flexibility index (Phi) is 5.91. The predicted octanol–water partition coefficient (Wildman–Crippen LogP) is 1.98. The maximum atomic E-state index is 10.7.